The highest BCUT2D eigenvalue weighted by atomic mass is 19.3. The van der Waals surface area contributed by atoms with Crippen molar-refractivity contribution in [2.24, 2.45) is 18.4 Å². The number of tetrazole rings is 1. The molecule has 1 aliphatic carbocycles. The number of carbonyl (C=O) groups excluding carboxylic acids is 1. The molecule has 1 aliphatic rings. The minimum absolute atomic E-state index is 0.00977. The van der Waals surface area contributed by atoms with Crippen molar-refractivity contribution in [2.75, 3.05) is 5.32 Å². The zero-order valence-electron chi connectivity index (χ0n) is 19.2. The fourth-order valence-corrected chi connectivity index (χ4v) is 4.34. The van der Waals surface area contributed by atoms with Crippen molar-refractivity contribution in [3.63, 3.8) is 0 Å². The van der Waals surface area contributed by atoms with Gasteiger partial charge in [-0.05, 0) is 35.0 Å². The normalized spacial score (nSPS) is 18.9. The molecule has 10 heteroatoms. The summed E-state index contributed by atoms with van der Waals surface area (Å²) in [6, 6.07) is 8.76. The first-order valence-corrected chi connectivity index (χ1v) is 11.0. The molecule has 2 unspecified atom stereocenters. The number of alkyl halides is 2. The van der Waals surface area contributed by atoms with E-state index >= 15 is 0 Å². The van der Waals surface area contributed by atoms with Crippen LogP contribution in [-0.2, 0) is 18.3 Å². The first-order valence-electron chi connectivity index (χ1n) is 11.0. The summed E-state index contributed by atoms with van der Waals surface area (Å²) >= 11 is 0. The Morgan fingerprint density at radius 2 is 2.03 bits per heavy atom. The summed E-state index contributed by atoms with van der Waals surface area (Å²) in [5.41, 5.74) is 2.11. The molecule has 1 aromatic carbocycles. The number of hydrogen-bond acceptors (Lipinski definition) is 6. The van der Waals surface area contributed by atoms with Crippen LogP contribution in [0, 0.1) is 11.3 Å². The molecule has 3 aromatic rings. The molecular weight excluding hydrogens is 430 g/mol. The minimum atomic E-state index is -2.77. The maximum atomic E-state index is 14.0. The lowest BCUT2D eigenvalue weighted by Crippen LogP contribution is -2.27. The van der Waals surface area contributed by atoms with Gasteiger partial charge in [-0.1, -0.05) is 50.2 Å². The smallest absolute Gasteiger partial charge is 0.248 e. The number of nitrogens with one attached hydrogen (secondary N) is 1. The molecule has 8 nitrogen and oxygen atoms in total. The Hall–Kier alpha value is -3.17. The predicted molar refractivity (Wildman–Crippen MR) is 118 cm³/mol. The predicted octanol–water partition coefficient (Wildman–Crippen LogP) is 4.61. The van der Waals surface area contributed by atoms with Gasteiger partial charge in [0.05, 0.1) is 18.7 Å². The topological polar surface area (TPSA) is 98.7 Å². The van der Waals surface area contributed by atoms with Crippen molar-refractivity contribution in [3.05, 3.63) is 41.6 Å². The molecule has 33 heavy (non-hydrogen) atoms. The second-order valence-electron chi connectivity index (χ2n) is 9.97. The Morgan fingerprint density at radius 1 is 1.30 bits per heavy atom. The van der Waals surface area contributed by atoms with Crippen LogP contribution in [0.1, 0.15) is 57.2 Å². The van der Waals surface area contributed by atoms with E-state index in [-0.39, 0.29) is 36.5 Å². The number of anilines is 1. The van der Waals surface area contributed by atoms with Crippen LogP contribution >= 0.6 is 0 Å². The summed E-state index contributed by atoms with van der Waals surface area (Å²) in [5.74, 6) is -3.73. The minimum Gasteiger partial charge on any atom is -0.338 e. The van der Waals surface area contributed by atoms with E-state index in [0.29, 0.717) is 17.8 Å². The fraction of sp³-hybridized carbons (Fsp3) is 0.522. The van der Waals surface area contributed by atoms with Crippen LogP contribution in [0.4, 0.5) is 14.7 Å². The van der Waals surface area contributed by atoms with Gasteiger partial charge in [0.25, 0.3) is 0 Å². The summed E-state index contributed by atoms with van der Waals surface area (Å²) in [6.07, 6.45) is 0.401. The Kier molecular flexibility index (Phi) is 6.02. The number of carbonyl (C=O) groups is 1. The van der Waals surface area contributed by atoms with Crippen molar-refractivity contribution >= 4 is 11.8 Å². The molecule has 2 heterocycles. The molecule has 0 saturated heterocycles. The molecule has 0 aliphatic heterocycles. The van der Waals surface area contributed by atoms with Crippen LogP contribution in [0.25, 0.3) is 11.4 Å². The van der Waals surface area contributed by atoms with Gasteiger partial charge < -0.3 is 4.52 Å². The molecule has 0 bridgehead atoms. The zero-order chi connectivity index (χ0) is 23.8. The van der Waals surface area contributed by atoms with E-state index in [2.05, 4.69) is 46.7 Å². The van der Waals surface area contributed by atoms with E-state index in [1.807, 2.05) is 0 Å². The van der Waals surface area contributed by atoms with Crippen LogP contribution in [0.2, 0.25) is 0 Å². The van der Waals surface area contributed by atoms with Gasteiger partial charge in [-0.3, -0.25) is 10.1 Å². The van der Waals surface area contributed by atoms with Gasteiger partial charge in [0.1, 0.15) is 0 Å². The van der Waals surface area contributed by atoms with E-state index < -0.39 is 17.8 Å². The first kappa shape index (κ1) is 23.0. The Labute approximate surface area is 190 Å². The highest BCUT2D eigenvalue weighted by Crippen LogP contribution is 2.46. The van der Waals surface area contributed by atoms with Gasteiger partial charge in [0.15, 0.2) is 0 Å². The second-order valence-corrected chi connectivity index (χ2v) is 9.97. The quantitative estimate of drug-likeness (QED) is 0.579. The van der Waals surface area contributed by atoms with Gasteiger partial charge in [0, 0.05) is 24.5 Å². The van der Waals surface area contributed by atoms with Crippen LogP contribution in [0.5, 0.6) is 0 Å². The van der Waals surface area contributed by atoms with E-state index in [9.17, 15) is 13.6 Å². The van der Waals surface area contributed by atoms with E-state index in [1.54, 1.807) is 37.4 Å². The molecule has 0 radical (unpaired) electrons. The fourth-order valence-electron chi connectivity index (χ4n) is 4.34. The average Bonchev–Trinajstić information content (AvgIpc) is 3.42. The van der Waals surface area contributed by atoms with Gasteiger partial charge in [0.2, 0.25) is 23.5 Å². The molecular formula is C23H28F2N6O2. The highest BCUT2D eigenvalue weighted by Gasteiger charge is 2.45. The molecule has 1 amide bonds. The molecule has 0 spiro atoms. The number of rotatable bonds is 6. The second kappa shape index (κ2) is 8.64. The van der Waals surface area contributed by atoms with Gasteiger partial charge in [-0.2, -0.15) is 4.80 Å². The SMILES string of the molecule is Cn1nnc(-c2ccc(C(C(=O)Nc3cc(CC(C)(C)C)no3)C3CCC(F)(F)C3)cc2)n1. The monoisotopic (exact) mass is 458 g/mol. The molecule has 1 saturated carbocycles. The molecule has 1 fully saturated rings. The zero-order valence-corrected chi connectivity index (χ0v) is 19.2. The van der Waals surface area contributed by atoms with Crippen LogP contribution < -0.4 is 5.32 Å². The van der Waals surface area contributed by atoms with Crippen molar-refractivity contribution in [3.8, 4) is 11.4 Å². The van der Waals surface area contributed by atoms with E-state index in [1.165, 1.54) is 4.80 Å². The average molecular weight is 459 g/mol. The number of amides is 1. The maximum Gasteiger partial charge on any atom is 0.248 e. The summed E-state index contributed by atoms with van der Waals surface area (Å²) < 4.78 is 33.3. The molecule has 2 aromatic heterocycles. The number of hydrogen-bond donors (Lipinski definition) is 1. The third kappa shape index (κ3) is 5.61. The summed E-state index contributed by atoms with van der Waals surface area (Å²) in [7, 11) is 1.67. The Balaban J connectivity index is 1.57. The number of aryl methyl sites for hydroxylation is 1. The third-order valence-electron chi connectivity index (χ3n) is 5.75. The van der Waals surface area contributed by atoms with Gasteiger partial charge in [-0.15, -0.1) is 10.2 Å². The van der Waals surface area contributed by atoms with Gasteiger partial charge in [-0.25, -0.2) is 8.78 Å². The number of aromatic nitrogens is 5. The summed E-state index contributed by atoms with van der Waals surface area (Å²) in [5, 5.41) is 18.7. The largest absolute Gasteiger partial charge is 0.338 e. The molecule has 1 N–H and O–H groups in total. The lowest BCUT2D eigenvalue weighted by Gasteiger charge is -2.23. The van der Waals surface area contributed by atoms with Crippen molar-refractivity contribution in [2.45, 2.75) is 58.3 Å². The van der Waals surface area contributed by atoms with Crippen LogP contribution in [-0.4, -0.2) is 37.2 Å². The summed E-state index contributed by atoms with van der Waals surface area (Å²) in [6.45, 7) is 6.24. The summed E-state index contributed by atoms with van der Waals surface area (Å²) in [4.78, 5) is 14.6. The third-order valence-corrected chi connectivity index (χ3v) is 5.75. The maximum absolute atomic E-state index is 14.0. The van der Waals surface area contributed by atoms with Crippen LogP contribution in [0.15, 0.2) is 34.9 Å². The molecule has 2 atom stereocenters. The first-order chi connectivity index (χ1) is 15.5. The lowest BCUT2D eigenvalue weighted by atomic mass is 9.83. The molecule has 4 rings (SSSR count). The highest BCUT2D eigenvalue weighted by molar-refractivity contribution is 5.95. The Morgan fingerprint density at radius 3 is 2.61 bits per heavy atom. The number of nitrogens with zero attached hydrogens (tertiary/aromatic N) is 5. The lowest BCUT2D eigenvalue weighted by molar-refractivity contribution is -0.119. The number of benzene rings is 1. The van der Waals surface area contributed by atoms with Crippen molar-refractivity contribution < 1.29 is 18.1 Å². The molecule has 176 valence electrons. The number of halogens is 2. The van der Waals surface area contributed by atoms with Crippen molar-refractivity contribution in [1.82, 2.24) is 25.4 Å². The van der Waals surface area contributed by atoms with E-state index in [0.717, 1.165) is 11.3 Å². The standard InChI is InChI=1S/C23H28F2N6O2/c1-22(2,3)13-17-11-18(33-29-17)26-21(32)19(16-9-10-23(24,25)12-16)14-5-7-15(8-6-14)20-27-30-31(4)28-20/h5-8,11,16,19H,9-10,12-13H2,1-4H3,(H,26,32). The van der Waals surface area contributed by atoms with E-state index in [4.69, 9.17) is 4.52 Å². The Bertz CT molecular complexity index is 1120. The van der Waals surface area contributed by atoms with Crippen molar-refractivity contribution in [1.29, 1.82) is 0 Å². The van der Waals surface area contributed by atoms with Gasteiger partial charge >= 0.3 is 0 Å². The van der Waals surface area contributed by atoms with Crippen LogP contribution in [0.3, 0.4) is 0 Å².